The van der Waals surface area contributed by atoms with Gasteiger partial charge in [-0.25, -0.2) is 4.99 Å². The van der Waals surface area contributed by atoms with Gasteiger partial charge in [0.25, 0.3) is 0 Å². The zero-order valence-corrected chi connectivity index (χ0v) is 17.2. The molecule has 0 aliphatic carbocycles. The van der Waals surface area contributed by atoms with Gasteiger partial charge in [0.05, 0.1) is 32.3 Å². The lowest BCUT2D eigenvalue weighted by atomic mass is 9.99. The molecule has 6 nitrogen and oxygen atoms in total. The number of carbonyl (C=O) groups is 1. The van der Waals surface area contributed by atoms with Gasteiger partial charge in [-0.05, 0) is 37.8 Å². The maximum atomic E-state index is 12.0. The topological polar surface area (TPSA) is 63.2 Å². The highest BCUT2D eigenvalue weighted by molar-refractivity contribution is 5.82. The van der Waals surface area contributed by atoms with Crippen molar-refractivity contribution in [2.45, 2.75) is 47.0 Å². The number of rotatable bonds is 7. The van der Waals surface area contributed by atoms with Crippen molar-refractivity contribution in [3.8, 4) is 0 Å². The summed E-state index contributed by atoms with van der Waals surface area (Å²) in [5.41, 5.74) is 2.30. The van der Waals surface area contributed by atoms with E-state index in [9.17, 15) is 4.79 Å². The number of esters is 1. The summed E-state index contributed by atoms with van der Waals surface area (Å²) < 4.78 is 10.6. The van der Waals surface area contributed by atoms with Gasteiger partial charge in [-0.3, -0.25) is 4.79 Å². The molecule has 0 radical (unpaired) electrons. The van der Waals surface area contributed by atoms with E-state index >= 15 is 0 Å². The second kappa shape index (κ2) is 10.3. The molecule has 1 N–H and O–H groups in total. The third kappa shape index (κ3) is 6.24. The van der Waals surface area contributed by atoms with Crippen molar-refractivity contribution in [3.63, 3.8) is 0 Å². The largest absolute Gasteiger partial charge is 0.469 e. The standard InChI is InChI=1S/C21H33N3O3/c1-6-22-21(24-12-16(4)19(13-24)20(25)26-5)23-11-17-8-7-9-18(10-17)14-27-15(2)3/h7-10,15-16,19H,6,11-14H2,1-5H3,(H,22,23). The van der Waals surface area contributed by atoms with Crippen LogP contribution < -0.4 is 5.32 Å². The SMILES string of the molecule is CCNC(=NCc1cccc(COC(C)C)c1)N1CC(C)C(C(=O)OC)C1. The molecule has 0 spiro atoms. The van der Waals surface area contributed by atoms with Crippen molar-refractivity contribution >= 4 is 11.9 Å². The average molecular weight is 376 g/mol. The first kappa shape index (κ1) is 21.2. The smallest absolute Gasteiger partial charge is 0.310 e. The van der Waals surface area contributed by atoms with Crippen LogP contribution in [0, 0.1) is 11.8 Å². The Morgan fingerprint density at radius 2 is 2.07 bits per heavy atom. The fourth-order valence-electron chi connectivity index (χ4n) is 3.27. The van der Waals surface area contributed by atoms with Gasteiger partial charge >= 0.3 is 5.97 Å². The molecule has 0 aromatic heterocycles. The lowest BCUT2D eigenvalue weighted by Gasteiger charge is -2.21. The highest BCUT2D eigenvalue weighted by atomic mass is 16.5. The summed E-state index contributed by atoms with van der Waals surface area (Å²) in [6, 6.07) is 8.33. The zero-order valence-electron chi connectivity index (χ0n) is 17.2. The Morgan fingerprint density at radius 1 is 1.33 bits per heavy atom. The minimum absolute atomic E-state index is 0.102. The van der Waals surface area contributed by atoms with E-state index in [1.54, 1.807) is 0 Å². The van der Waals surface area contributed by atoms with Crippen molar-refractivity contribution < 1.29 is 14.3 Å². The number of hydrogen-bond acceptors (Lipinski definition) is 4. The molecule has 0 bridgehead atoms. The van der Waals surface area contributed by atoms with Crippen LogP contribution in [0.15, 0.2) is 29.3 Å². The second-order valence-electron chi connectivity index (χ2n) is 7.36. The number of benzene rings is 1. The molecule has 1 aromatic rings. The van der Waals surface area contributed by atoms with E-state index in [4.69, 9.17) is 14.5 Å². The molecule has 2 atom stereocenters. The van der Waals surface area contributed by atoms with E-state index < -0.39 is 0 Å². The maximum Gasteiger partial charge on any atom is 0.310 e. The molecule has 1 aliphatic heterocycles. The Labute approximate surface area is 162 Å². The molecule has 0 amide bonds. The van der Waals surface area contributed by atoms with Crippen LogP contribution in [0.5, 0.6) is 0 Å². The third-order valence-electron chi connectivity index (χ3n) is 4.74. The van der Waals surface area contributed by atoms with E-state index in [1.165, 1.54) is 7.11 Å². The summed E-state index contributed by atoms with van der Waals surface area (Å²) in [6.45, 7) is 11.6. The van der Waals surface area contributed by atoms with Crippen molar-refractivity contribution in [1.82, 2.24) is 10.2 Å². The number of likely N-dealkylation sites (tertiary alicyclic amines) is 1. The van der Waals surface area contributed by atoms with Gasteiger partial charge in [-0.2, -0.15) is 0 Å². The van der Waals surface area contributed by atoms with Crippen LogP contribution in [0.1, 0.15) is 38.8 Å². The van der Waals surface area contributed by atoms with Crippen LogP contribution in [-0.2, 0) is 27.4 Å². The zero-order chi connectivity index (χ0) is 19.8. The first-order valence-electron chi connectivity index (χ1n) is 9.75. The maximum absolute atomic E-state index is 12.0. The molecule has 150 valence electrons. The van der Waals surface area contributed by atoms with Gasteiger partial charge in [-0.1, -0.05) is 31.2 Å². The first-order valence-corrected chi connectivity index (χ1v) is 9.75. The van der Waals surface area contributed by atoms with Crippen molar-refractivity contribution in [2.75, 3.05) is 26.7 Å². The number of carbonyl (C=O) groups excluding carboxylic acids is 1. The molecule has 2 rings (SSSR count). The third-order valence-corrected chi connectivity index (χ3v) is 4.74. The van der Waals surface area contributed by atoms with E-state index in [1.807, 2.05) is 19.9 Å². The van der Waals surface area contributed by atoms with E-state index in [0.29, 0.717) is 19.7 Å². The van der Waals surface area contributed by atoms with Gasteiger partial charge in [0.2, 0.25) is 0 Å². The Kier molecular flexibility index (Phi) is 8.10. The van der Waals surface area contributed by atoms with E-state index in [-0.39, 0.29) is 23.9 Å². The van der Waals surface area contributed by atoms with Gasteiger partial charge < -0.3 is 19.7 Å². The van der Waals surface area contributed by atoms with Crippen LogP contribution in [0.4, 0.5) is 0 Å². The van der Waals surface area contributed by atoms with Crippen molar-refractivity contribution in [3.05, 3.63) is 35.4 Å². The minimum Gasteiger partial charge on any atom is -0.469 e. The number of nitrogens with one attached hydrogen (secondary N) is 1. The fraction of sp³-hybridized carbons (Fsp3) is 0.619. The van der Waals surface area contributed by atoms with E-state index in [0.717, 1.165) is 30.2 Å². The van der Waals surface area contributed by atoms with E-state index in [2.05, 4.69) is 42.3 Å². The van der Waals surface area contributed by atoms with Crippen LogP contribution in [0.25, 0.3) is 0 Å². The normalized spacial score (nSPS) is 20.2. The van der Waals surface area contributed by atoms with Gasteiger partial charge in [0.1, 0.15) is 0 Å². The van der Waals surface area contributed by atoms with Gasteiger partial charge in [0.15, 0.2) is 5.96 Å². The second-order valence-corrected chi connectivity index (χ2v) is 7.36. The molecule has 0 saturated carbocycles. The molecular weight excluding hydrogens is 342 g/mol. The highest BCUT2D eigenvalue weighted by Gasteiger charge is 2.36. The van der Waals surface area contributed by atoms with Crippen LogP contribution in [0.3, 0.4) is 0 Å². The molecular formula is C21H33N3O3. The minimum atomic E-state index is -0.140. The summed E-state index contributed by atoms with van der Waals surface area (Å²) in [6.07, 6.45) is 0.215. The quantitative estimate of drug-likeness (QED) is 0.451. The number of nitrogens with zero attached hydrogens (tertiary/aromatic N) is 2. The highest BCUT2D eigenvalue weighted by Crippen LogP contribution is 2.24. The van der Waals surface area contributed by atoms with Crippen molar-refractivity contribution in [1.29, 1.82) is 0 Å². The van der Waals surface area contributed by atoms with Gasteiger partial charge in [-0.15, -0.1) is 0 Å². The summed E-state index contributed by atoms with van der Waals surface area (Å²) >= 11 is 0. The fourth-order valence-corrected chi connectivity index (χ4v) is 3.27. The van der Waals surface area contributed by atoms with Crippen LogP contribution in [0.2, 0.25) is 0 Å². The molecule has 1 saturated heterocycles. The lowest BCUT2D eigenvalue weighted by Crippen LogP contribution is -2.40. The number of methoxy groups -OCH3 is 1. The molecule has 1 aliphatic rings. The first-order chi connectivity index (χ1) is 12.9. The molecule has 1 heterocycles. The van der Waals surface area contributed by atoms with Crippen molar-refractivity contribution in [2.24, 2.45) is 16.8 Å². The number of hydrogen-bond donors (Lipinski definition) is 1. The summed E-state index contributed by atoms with van der Waals surface area (Å²) in [5, 5.41) is 3.35. The van der Waals surface area contributed by atoms with Gasteiger partial charge in [0, 0.05) is 19.6 Å². The summed E-state index contributed by atoms with van der Waals surface area (Å²) in [7, 11) is 1.45. The Hall–Kier alpha value is -2.08. The molecule has 27 heavy (non-hydrogen) atoms. The Balaban J connectivity index is 2.05. The Morgan fingerprint density at radius 3 is 2.74 bits per heavy atom. The monoisotopic (exact) mass is 375 g/mol. The average Bonchev–Trinajstić information content (AvgIpc) is 3.04. The predicted octanol–water partition coefficient (Wildman–Crippen LogP) is 2.82. The molecule has 1 fully saturated rings. The molecule has 2 unspecified atom stereocenters. The van der Waals surface area contributed by atoms with Crippen LogP contribution in [-0.4, -0.2) is 49.7 Å². The summed E-state index contributed by atoms with van der Waals surface area (Å²) in [5.74, 6) is 0.853. The number of guanidine groups is 1. The lowest BCUT2D eigenvalue weighted by molar-refractivity contribution is -0.145. The molecule has 6 heteroatoms. The number of ether oxygens (including phenoxy) is 2. The Bertz CT molecular complexity index is 645. The molecule has 1 aromatic carbocycles. The number of aliphatic imine (C=N–C) groups is 1. The summed E-state index contributed by atoms with van der Waals surface area (Å²) in [4.78, 5) is 18.9. The predicted molar refractivity (Wildman–Crippen MR) is 107 cm³/mol. The van der Waals surface area contributed by atoms with Crippen LogP contribution >= 0.6 is 0 Å².